The molecular weight excluding hydrogens is 632 g/mol. The molecule has 3 aliphatic rings. The summed E-state index contributed by atoms with van der Waals surface area (Å²) in [5.74, 6) is -11.0. The van der Waals surface area contributed by atoms with Gasteiger partial charge in [0.2, 0.25) is 23.6 Å². The van der Waals surface area contributed by atoms with Crippen LogP contribution in [-0.2, 0) is 58.6 Å². The van der Waals surface area contributed by atoms with E-state index >= 15 is 9.59 Å². The Balaban J connectivity index is 2.00. The maximum atomic E-state index is 15.3. The molecule has 5 rings (SSSR count). The van der Waals surface area contributed by atoms with Gasteiger partial charge in [0.25, 0.3) is 0 Å². The smallest absolute Gasteiger partial charge is 0.334 e. The lowest BCUT2D eigenvalue weighted by Gasteiger charge is -2.55. The minimum atomic E-state index is -2.28. The topological polar surface area (TPSA) is 154 Å². The molecule has 49 heavy (non-hydrogen) atoms. The van der Waals surface area contributed by atoms with Crippen molar-refractivity contribution in [3.8, 4) is 0 Å². The Labute approximate surface area is 284 Å². The van der Waals surface area contributed by atoms with E-state index in [1.165, 1.54) is 32.0 Å². The lowest BCUT2D eigenvalue weighted by atomic mass is 9.43. The van der Waals surface area contributed by atoms with Gasteiger partial charge in [0, 0.05) is 25.3 Å². The van der Waals surface area contributed by atoms with E-state index in [0.29, 0.717) is 0 Å². The highest BCUT2D eigenvalue weighted by molar-refractivity contribution is 6.28. The number of para-hydroxylation sites is 2. The first-order chi connectivity index (χ1) is 23.0. The summed E-state index contributed by atoms with van der Waals surface area (Å²) in [4.78, 5) is 102. The van der Waals surface area contributed by atoms with E-state index in [9.17, 15) is 24.0 Å². The highest BCUT2D eigenvalue weighted by Gasteiger charge is 2.79. The molecule has 0 radical (unpaired) electrons. The van der Waals surface area contributed by atoms with Crippen LogP contribution in [0.1, 0.15) is 66.0 Å². The minimum absolute atomic E-state index is 0.107. The van der Waals surface area contributed by atoms with Crippen LogP contribution >= 0.6 is 0 Å². The maximum absolute atomic E-state index is 15.3. The third-order valence-electron chi connectivity index (χ3n) is 9.58. The lowest BCUT2D eigenvalue weighted by molar-refractivity contribution is -0.176. The van der Waals surface area contributed by atoms with E-state index in [1.54, 1.807) is 65.0 Å². The van der Waals surface area contributed by atoms with Crippen LogP contribution in [0.25, 0.3) is 0 Å². The fourth-order valence-electron chi connectivity index (χ4n) is 8.11. The number of hydrogen-bond donors (Lipinski definition) is 0. The summed E-state index contributed by atoms with van der Waals surface area (Å²) in [6.45, 7) is 14.2. The first-order valence-electron chi connectivity index (χ1n) is 16.2. The van der Waals surface area contributed by atoms with Gasteiger partial charge in [-0.15, -0.1) is 0 Å². The van der Waals surface area contributed by atoms with Gasteiger partial charge in [0.1, 0.15) is 11.0 Å². The Bertz CT molecular complexity index is 1810. The van der Waals surface area contributed by atoms with E-state index in [4.69, 9.17) is 14.2 Å². The predicted molar refractivity (Wildman–Crippen MR) is 176 cm³/mol. The van der Waals surface area contributed by atoms with Gasteiger partial charge < -0.3 is 14.2 Å². The molecule has 2 aromatic carbocycles. The Morgan fingerprint density at radius 2 is 1.18 bits per heavy atom. The van der Waals surface area contributed by atoms with Crippen LogP contribution in [0.2, 0.25) is 0 Å². The zero-order chi connectivity index (χ0) is 36.2. The van der Waals surface area contributed by atoms with Crippen molar-refractivity contribution in [2.24, 2.45) is 17.8 Å². The standard InChI is InChI=1S/C37H40N2O10/c1-9-47-31(43)26-19-25(20(3)30(42)49-35(6,7)8)36(23-15-11-13-17-27(23)38(21(4)40)33(36)45)29(32(44)48-10-2)37(26)24-16-12-14-18-28(24)39(22(5)41)34(37)46/h11-18,25-26,29H,3,9-10,19H2,1-2,4-8H3/t25-,26+,29-,36-,37-/m1/s1. The Hall–Kier alpha value is -5.13. The number of benzene rings is 2. The Kier molecular flexibility index (Phi) is 8.90. The van der Waals surface area contributed by atoms with Crippen molar-refractivity contribution in [2.75, 3.05) is 23.0 Å². The second-order valence-electron chi connectivity index (χ2n) is 13.4. The van der Waals surface area contributed by atoms with Gasteiger partial charge in [-0.25, -0.2) is 14.6 Å². The SMILES string of the molecule is C=C(C(=O)OC(C)(C)C)[C@H]1C[C@@H](C(=O)OCC)[C@@]2(C(=O)N(C(C)=O)c3ccccc32)[C@H](C(=O)OCC)[C@]12C(=O)N(C(C)=O)c1ccccc12. The molecule has 12 heteroatoms. The monoisotopic (exact) mass is 672 g/mol. The summed E-state index contributed by atoms with van der Waals surface area (Å²) in [5.41, 5.74) is -5.26. The van der Waals surface area contributed by atoms with E-state index in [-0.39, 0.29) is 41.3 Å². The first kappa shape index (κ1) is 35.2. The first-order valence-corrected chi connectivity index (χ1v) is 16.2. The normalized spacial score (nSPS) is 25.6. The molecule has 0 bridgehead atoms. The number of nitrogens with zero attached hydrogens (tertiary/aromatic N) is 2. The molecule has 1 fully saturated rings. The minimum Gasteiger partial charge on any atom is -0.466 e. The number of rotatable bonds is 6. The fraction of sp³-hybridized carbons (Fsp3) is 0.432. The van der Waals surface area contributed by atoms with Crippen LogP contribution in [0.4, 0.5) is 11.4 Å². The molecule has 5 atom stereocenters. The van der Waals surface area contributed by atoms with Gasteiger partial charge in [0.15, 0.2) is 0 Å². The van der Waals surface area contributed by atoms with Crippen LogP contribution < -0.4 is 9.80 Å². The highest BCUT2D eigenvalue weighted by atomic mass is 16.6. The number of hydrogen-bond acceptors (Lipinski definition) is 10. The van der Waals surface area contributed by atoms with Crippen LogP contribution in [0.5, 0.6) is 0 Å². The maximum Gasteiger partial charge on any atom is 0.334 e. The lowest BCUT2D eigenvalue weighted by Crippen LogP contribution is -2.70. The highest BCUT2D eigenvalue weighted by Crippen LogP contribution is 2.67. The molecule has 0 aromatic heterocycles. The number of ether oxygens (including phenoxy) is 3. The van der Waals surface area contributed by atoms with Crippen molar-refractivity contribution >= 4 is 52.9 Å². The van der Waals surface area contributed by atoms with Crippen molar-refractivity contribution in [1.29, 1.82) is 0 Å². The summed E-state index contributed by atoms with van der Waals surface area (Å²) in [7, 11) is 0. The second-order valence-corrected chi connectivity index (χ2v) is 13.4. The number of amides is 4. The largest absolute Gasteiger partial charge is 0.466 e. The molecule has 1 aliphatic carbocycles. The fourth-order valence-corrected chi connectivity index (χ4v) is 8.11. The van der Waals surface area contributed by atoms with Gasteiger partial charge in [0.05, 0.1) is 41.8 Å². The molecule has 0 N–H and O–H groups in total. The summed E-state index contributed by atoms with van der Waals surface area (Å²) in [6.07, 6.45) is -0.426. The Morgan fingerprint density at radius 3 is 1.61 bits per heavy atom. The zero-order valence-electron chi connectivity index (χ0n) is 28.7. The van der Waals surface area contributed by atoms with E-state index in [0.717, 1.165) is 9.80 Å². The molecule has 4 amide bonds. The molecule has 2 spiro atoms. The van der Waals surface area contributed by atoms with Crippen LogP contribution in [-0.4, -0.2) is 60.4 Å². The van der Waals surface area contributed by atoms with Crippen molar-refractivity contribution in [1.82, 2.24) is 0 Å². The van der Waals surface area contributed by atoms with Crippen LogP contribution in [0, 0.1) is 17.8 Å². The molecule has 0 unspecified atom stereocenters. The van der Waals surface area contributed by atoms with Gasteiger partial charge in [-0.2, -0.15) is 0 Å². The predicted octanol–water partition coefficient (Wildman–Crippen LogP) is 3.93. The summed E-state index contributed by atoms with van der Waals surface area (Å²) in [5, 5.41) is 0. The van der Waals surface area contributed by atoms with E-state index in [2.05, 4.69) is 6.58 Å². The third-order valence-corrected chi connectivity index (χ3v) is 9.58. The van der Waals surface area contributed by atoms with E-state index < -0.39 is 82.1 Å². The molecule has 1 saturated carbocycles. The van der Waals surface area contributed by atoms with Crippen LogP contribution in [0.15, 0.2) is 60.7 Å². The van der Waals surface area contributed by atoms with Crippen LogP contribution in [0.3, 0.4) is 0 Å². The average Bonchev–Trinajstić information content (AvgIpc) is 3.42. The average molecular weight is 673 g/mol. The molecule has 2 aliphatic heterocycles. The molecule has 12 nitrogen and oxygen atoms in total. The van der Waals surface area contributed by atoms with Crippen molar-refractivity contribution in [3.05, 3.63) is 71.8 Å². The summed E-state index contributed by atoms with van der Waals surface area (Å²) < 4.78 is 16.9. The van der Waals surface area contributed by atoms with Crippen molar-refractivity contribution in [3.63, 3.8) is 0 Å². The van der Waals surface area contributed by atoms with Crippen molar-refractivity contribution < 1.29 is 47.8 Å². The molecule has 0 saturated heterocycles. The number of carbonyl (C=O) groups excluding carboxylic acids is 7. The Morgan fingerprint density at radius 1 is 0.755 bits per heavy atom. The zero-order valence-corrected chi connectivity index (χ0v) is 28.7. The van der Waals surface area contributed by atoms with E-state index in [1.807, 2.05) is 0 Å². The third kappa shape index (κ3) is 4.98. The molecule has 2 heterocycles. The van der Waals surface area contributed by atoms with Crippen molar-refractivity contribution in [2.45, 2.75) is 71.3 Å². The second kappa shape index (κ2) is 12.4. The number of imide groups is 2. The molecule has 258 valence electrons. The summed E-state index contributed by atoms with van der Waals surface area (Å²) >= 11 is 0. The number of esters is 3. The number of anilines is 2. The van der Waals surface area contributed by atoms with Gasteiger partial charge in [-0.05, 0) is 64.3 Å². The molecule has 2 aromatic rings. The molecular formula is C37H40N2O10. The quantitative estimate of drug-likeness (QED) is 0.251. The number of fused-ring (bicyclic) bond motifs is 4. The summed E-state index contributed by atoms with van der Waals surface area (Å²) in [6, 6.07) is 12.5. The van der Waals surface area contributed by atoms with Gasteiger partial charge in [-0.3, -0.25) is 28.8 Å². The van der Waals surface area contributed by atoms with Gasteiger partial charge in [-0.1, -0.05) is 43.0 Å². The number of carbonyl (C=O) groups is 7. The van der Waals surface area contributed by atoms with Gasteiger partial charge >= 0.3 is 17.9 Å².